The number of nitrogens with zero attached hydrogens (tertiary/aromatic N) is 1. The van der Waals surface area contributed by atoms with Gasteiger partial charge in [0.05, 0.1) is 25.7 Å². The Labute approximate surface area is 116 Å². The topological polar surface area (TPSA) is 42.2 Å². The Morgan fingerprint density at radius 2 is 1.53 bits per heavy atom. The predicted octanol–water partition coefficient (Wildman–Crippen LogP) is 3.78. The van der Waals surface area contributed by atoms with Gasteiger partial charge in [-0.2, -0.15) is 5.26 Å². The fourth-order valence-electron chi connectivity index (χ4n) is 2.75. The van der Waals surface area contributed by atoms with Crippen LogP contribution >= 0.6 is 0 Å². The molecule has 0 aliphatic heterocycles. The van der Waals surface area contributed by atoms with E-state index >= 15 is 0 Å². The minimum atomic E-state index is -0.514. The number of ether oxygens (including phenoxy) is 2. The second-order valence-corrected chi connectivity index (χ2v) is 5.36. The Bertz CT molecular complexity index is 464. The molecule has 104 valence electrons. The van der Waals surface area contributed by atoms with Crippen LogP contribution < -0.4 is 9.47 Å². The minimum Gasteiger partial charge on any atom is -0.493 e. The first-order chi connectivity index (χ1) is 8.93. The van der Waals surface area contributed by atoms with Gasteiger partial charge in [-0.3, -0.25) is 0 Å². The lowest BCUT2D eigenvalue weighted by Crippen LogP contribution is -2.36. The SMILES string of the molecule is COc1ccc(C(C#N)(C(C)C)C(C)C)cc1OC. The fourth-order valence-corrected chi connectivity index (χ4v) is 2.75. The molecule has 0 heterocycles. The molecule has 1 aromatic carbocycles. The number of methoxy groups -OCH3 is 2. The maximum Gasteiger partial charge on any atom is 0.161 e. The average molecular weight is 261 g/mol. The van der Waals surface area contributed by atoms with E-state index in [0.29, 0.717) is 11.5 Å². The maximum absolute atomic E-state index is 9.74. The summed E-state index contributed by atoms with van der Waals surface area (Å²) in [4.78, 5) is 0. The van der Waals surface area contributed by atoms with Crippen molar-refractivity contribution in [2.24, 2.45) is 11.8 Å². The lowest BCUT2D eigenvalue weighted by molar-refractivity contribution is 0.292. The van der Waals surface area contributed by atoms with Gasteiger partial charge >= 0.3 is 0 Å². The Morgan fingerprint density at radius 3 is 1.89 bits per heavy atom. The summed E-state index contributed by atoms with van der Waals surface area (Å²) in [7, 11) is 3.22. The Balaban J connectivity index is 3.45. The van der Waals surface area contributed by atoms with Crippen LogP contribution in [0.25, 0.3) is 0 Å². The highest BCUT2D eigenvalue weighted by atomic mass is 16.5. The average Bonchev–Trinajstić information content (AvgIpc) is 2.39. The summed E-state index contributed by atoms with van der Waals surface area (Å²) in [5.41, 5.74) is 0.470. The molecule has 0 fully saturated rings. The summed E-state index contributed by atoms with van der Waals surface area (Å²) < 4.78 is 10.6. The smallest absolute Gasteiger partial charge is 0.161 e. The highest BCUT2D eigenvalue weighted by molar-refractivity contribution is 5.47. The van der Waals surface area contributed by atoms with Crippen LogP contribution in [0.4, 0.5) is 0 Å². The Hall–Kier alpha value is -1.69. The molecule has 1 aromatic rings. The number of nitriles is 1. The number of benzene rings is 1. The van der Waals surface area contributed by atoms with Crippen LogP contribution in [0.5, 0.6) is 11.5 Å². The maximum atomic E-state index is 9.74. The van der Waals surface area contributed by atoms with E-state index in [0.717, 1.165) is 5.56 Å². The molecule has 0 aliphatic rings. The van der Waals surface area contributed by atoms with Crippen molar-refractivity contribution in [1.82, 2.24) is 0 Å². The van der Waals surface area contributed by atoms with Crippen molar-refractivity contribution in [1.29, 1.82) is 5.26 Å². The van der Waals surface area contributed by atoms with E-state index in [-0.39, 0.29) is 11.8 Å². The van der Waals surface area contributed by atoms with Crippen molar-refractivity contribution < 1.29 is 9.47 Å². The van der Waals surface area contributed by atoms with E-state index in [1.807, 2.05) is 18.2 Å². The van der Waals surface area contributed by atoms with Gasteiger partial charge in [-0.25, -0.2) is 0 Å². The van der Waals surface area contributed by atoms with Crippen molar-refractivity contribution in [3.63, 3.8) is 0 Å². The van der Waals surface area contributed by atoms with Crippen LogP contribution in [0, 0.1) is 23.2 Å². The van der Waals surface area contributed by atoms with Gasteiger partial charge in [0.25, 0.3) is 0 Å². The molecular formula is C16H23NO2. The molecule has 0 aromatic heterocycles. The highest BCUT2D eigenvalue weighted by Crippen LogP contribution is 2.42. The summed E-state index contributed by atoms with van der Waals surface area (Å²) in [6, 6.07) is 8.27. The lowest BCUT2D eigenvalue weighted by atomic mass is 9.65. The third-order valence-corrected chi connectivity index (χ3v) is 3.87. The summed E-state index contributed by atoms with van der Waals surface area (Å²) >= 11 is 0. The van der Waals surface area contributed by atoms with E-state index in [1.54, 1.807) is 14.2 Å². The summed E-state index contributed by atoms with van der Waals surface area (Å²) in [6.45, 7) is 8.33. The number of rotatable bonds is 5. The van der Waals surface area contributed by atoms with Crippen LogP contribution in [0.1, 0.15) is 33.3 Å². The molecule has 0 amide bonds. The molecule has 0 unspecified atom stereocenters. The zero-order chi connectivity index (χ0) is 14.6. The molecule has 0 aliphatic carbocycles. The van der Waals surface area contributed by atoms with Gasteiger partial charge in [-0.1, -0.05) is 33.8 Å². The largest absolute Gasteiger partial charge is 0.493 e. The normalized spacial score (nSPS) is 11.5. The number of hydrogen-bond donors (Lipinski definition) is 0. The van der Waals surface area contributed by atoms with Gasteiger partial charge in [0.15, 0.2) is 11.5 Å². The molecule has 0 radical (unpaired) electrons. The molecular weight excluding hydrogens is 238 g/mol. The highest BCUT2D eigenvalue weighted by Gasteiger charge is 2.39. The van der Waals surface area contributed by atoms with Crippen LogP contribution in [0.15, 0.2) is 18.2 Å². The van der Waals surface area contributed by atoms with Crippen LogP contribution in [-0.2, 0) is 5.41 Å². The zero-order valence-electron chi connectivity index (χ0n) is 12.7. The molecule has 3 nitrogen and oxygen atoms in total. The fraction of sp³-hybridized carbons (Fsp3) is 0.562. The Morgan fingerprint density at radius 1 is 1.00 bits per heavy atom. The van der Waals surface area contributed by atoms with Gasteiger partial charge in [0.1, 0.15) is 0 Å². The molecule has 0 saturated carbocycles. The van der Waals surface area contributed by atoms with E-state index in [9.17, 15) is 5.26 Å². The molecule has 0 atom stereocenters. The van der Waals surface area contributed by atoms with E-state index in [4.69, 9.17) is 9.47 Å². The quantitative estimate of drug-likeness (QED) is 0.810. The summed E-state index contributed by atoms with van der Waals surface area (Å²) in [5.74, 6) is 1.79. The third kappa shape index (κ3) is 2.53. The summed E-state index contributed by atoms with van der Waals surface area (Å²) in [6.07, 6.45) is 0. The second kappa shape index (κ2) is 5.97. The first-order valence-corrected chi connectivity index (χ1v) is 6.57. The van der Waals surface area contributed by atoms with Crippen molar-refractivity contribution >= 4 is 0 Å². The second-order valence-electron chi connectivity index (χ2n) is 5.36. The van der Waals surface area contributed by atoms with Crippen molar-refractivity contribution in [3.8, 4) is 17.6 Å². The molecule has 19 heavy (non-hydrogen) atoms. The molecule has 0 N–H and O–H groups in total. The van der Waals surface area contributed by atoms with Gasteiger partial charge in [-0.05, 0) is 29.5 Å². The van der Waals surface area contributed by atoms with E-state index < -0.39 is 5.41 Å². The first kappa shape index (κ1) is 15.4. The predicted molar refractivity (Wildman–Crippen MR) is 76.5 cm³/mol. The van der Waals surface area contributed by atoms with Crippen LogP contribution in [0.3, 0.4) is 0 Å². The molecule has 3 heteroatoms. The van der Waals surface area contributed by atoms with Crippen molar-refractivity contribution in [2.45, 2.75) is 33.1 Å². The molecule has 0 bridgehead atoms. The van der Waals surface area contributed by atoms with Crippen molar-refractivity contribution in [2.75, 3.05) is 14.2 Å². The minimum absolute atomic E-state index is 0.218. The van der Waals surface area contributed by atoms with Gasteiger partial charge in [0, 0.05) is 0 Å². The van der Waals surface area contributed by atoms with Crippen LogP contribution in [-0.4, -0.2) is 14.2 Å². The molecule has 0 saturated heterocycles. The Kier molecular flexibility index (Phi) is 4.83. The third-order valence-electron chi connectivity index (χ3n) is 3.87. The van der Waals surface area contributed by atoms with Gasteiger partial charge < -0.3 is 9.47 Å². The van der Waals surface area contributed by atoms with Crippen LogP contribution in [0.2, 0.25) is 0 Å². The molecule has 1 rings (SSSR count). The van der Waals surface area contributed by atoms with Gasteiger partial charge in [-0.15, -0.1) is 0 Å². The first-order valence-electron chi connectivity index (χ1n) is 6.57. The van der Waals surface area contributed by atoms with E-state index in [2.05, 4.69) is 33.8 Å². The van der Waals surface area contributed by atoms with E-state index in [1.165, 1.54) is 0 Å². The van der Waals surface area contributed by atoms with Gasteiger partial charge in [0.2, 0.25) is 0 Å². The molecule has 0 spiro atoms. The van der Waals surface area contributed by atoms with Crippen molar-refractivity contribution in [3.05, 3.63) is 23.8 Å². The summed E-state index contributed by atoms with van der Waals surface area (Å²) in [5, 5.41) is 9.74. The standard InChI is InChI=1S/C16H23NO2/c1-11(2)16(10-17,12(3)4)13-7-8-14(18-5)15(9-13)19-6/h7-9,11-12H,1-6H3. The zero-order valence-corrected chi connectivity index (χ0v) is 12.7. The monoisotopic (exact) mass is 261 g/mol. The number of hydrogen-bond acceptors (Lipinski definition) is 3. The lowest BCUT2D eigenvalue weighted by Gasteiger charge is -2.35.